The highest BCUT2D eigenvalue weighted by Gasteiger charge is 2.17. The molecule has 6 heteroatoms. The smallest absolute Gasteiger partial charge is 0.291 e. The van der Waals surface area contributed by atoms with Crippen LogP contribution in [0.1, 0.15) is 16.2 Å². The number of para-hydroxylation sites is 1. The average Bonchev–Trinajstić information content (AvgIpc) is 3.04. The number of fused-ring (bicyclic) bond motifs is 3. The van der Waals surface area contributed by atoms with Crippen LogP contribution in [-0.2, 0) is 0 Å². The van der Waals surface area contributed by atoms with Crippen molar-refractivity contribution < 1.29 is 18.0 Å². The number of benzene rings is 2. The predicted octanol–water partition coefficient (Wildman–Crippen LogP) is 4.82. The van der Waals surface area contributed by atoms with Crippen LogP contribution in [0.15, 0.2) is 52.9 Å². The third kappa shape index (κ3) is 2.61. The fourth-order valence-electron chi connectivity index (χ4n) is 2.75. The molecule has 0 spiro atoms. The highest BCUT2D eigenvalue weighted by molar-refractivity contribution is 6.09. The number of carbonyl (C=O) groups is 1. The molecule has 0 aliphatic carbocycles. The maximum atomic E-state index is 13.7. The number of hydrogen-bond donors (Lipinski definition) is 1. The second-order valence-corrected chi connectivity index (χ2v) is 5.65. The summed E-state index contributed by atoms with van der Waals surface area (Å²) < 4.78 is 32.4. The number of pyridine rings is 1. The molecule has 0 atom stereocenters. The lowest BCUT2D eigenvalue weighted by Crippen LogP contribution is -2.12. The number of aryl methyl sites for hydroxylation is 1. The van der Waals surface area contributed by atoms with Crippen LogP contribution in [0.4, 0.5) is 14.5 Å². The Labute approximate surface area is 141 Å². The van der Waals surface area contributed by atoms with Crippen molar-refractivity contribution >= 4 is 33.5 Å². The second-order valence-electron chi connectivity index (χ2n) is 5.65. The van der Waals surface area contributed by atoms with Crippen LogP contribution >= 0.6 is 0 Å². The van der Waals surface area contributed by atoms with E-state index in [9.17, 15) is 13.6 Å². The molecule has 1 N–H and O–H groups in total. The largest absolute Gasteiger partial charge is 0.450 e. The molecule has 4 aromatic rings. The highest BCUT2D eigenvalue weighted by atomic mass is 19.1. The SMILES string of the molecule is Cc1nc2ccccc2c2oc(C(=O)Nc3ccc(F)cc3F)cc12. The molecule has 0 saturated heterocycles. The maximum Gasteiger partial charge on any atom is 0.291 e. The van der Waals surface area contributed by atoms with Crippen LogP contribution in [0.2, 0.25) is 0 Å². The number of nitrogens with one attached hydrogen (secondary N) is 1. The molecular weight excluding hydrogens is 326 g/mol. The number of anilines is 1. The summed E-state index contributed by atoms with van der Waals surface area (Å²) in [5.41, 5.74) is 1.92. The zero-order chi connectivity index (χ0) is 17.6. The molecule has 25 heavy (non-hydrogen) atoms. The number of hydrogen-bond acceptors (Lipinski definition) is 3. The van der Waals surface area contributed by atoms with Crippen LogP contribution in [0.3, 0.4) is 0 Å². The van der Waals surface area contributed by atoms with E-state index in [1.807, 2.05) is 31.2 Å². The van der Waals surface area contributed by atoms with Crippen molar-refractivity contribution in [2.24, 2.45) is 0 Å². The van der Waals surface area contributed by atoms with Gasteiger partial charge in [-0.15, -0.1) is 0 Å². The van der Waals surface area contributed by atoms with E-state index in [0.717, 1.165) is 28.7 Å². The molecule has 0 saturated carbocycles. The van der Waals surface area contributed by atoms with Gasteiger partial charge < -0.3 is 9.73 Å². The number of furan rings is 1. The van der Waals surface area contributed by atoms with Crippen LogP contribution < -0.4 is 5.32 Å². The van der Waals surface area contributed by atoms with Crippen molar-refractivity contribution in [2.45, 2.75) is 6.92 Å². The molecule has 0 unspecified atom stereocenters. The van der Waals surface area contributed by atoms with Gasteiger partial charge in [0.1, 0.15) is 17.2 Å². The fourth-order valence-corrected chi connectivity index (χ4v) is 2.75. The molecule has 4 rings (SSSR count). The summed E-state index contributed by atoms with van der Waals surface area (Å²) in [6, 6.07) is 11.9. The van der Waals surface area contributed by atoms with E-state index in [-0.39, 0.29) is 11.4 Å². The molecule has 2 heterocycles. The number of rotatable bonds is 2. The van der Waals surface area contributed by atoms with Crippen molar-refractivity contribution in [1.29, 1.82) is 0 Å². The zero-order valence-electron chi connectivity index (χ0n) is 13.1. The van der Waals surface area contributed by atoms with E-state index in [4.69, 9.17) is 4.42 Å². The Bertz CT molecular complexity index is 1140. The van der Waals surface area contributed by atoms with Crippen molar-refractivity contribution in [1.82, 2.24) is 4.98 Å². The molecule has 1 amide bonds. The van der Waals surface area contributed by atoms with E-state index in [1.54, 1.807) is 6.07 Å². The number of carbonyl (C=O) groups excluding carboxylic acids is 1. The minimum absolute atomic E-state index is 0.0278. The van der Waals surface area contributed by atoms with E-state index in [2.05, 4.69) is 10.3 Å². The van der Waals surface area contributed by atoms with E-state index >= 15 is 0 Å². The Balaban J connectivity index is 1.77. The molecule has 2 aromatic heterocycles. The van der Waals surface area contributed by atoms with Gasteiger partial charge in [0.15, 0.2) is 5.76 Å². The van der Waals surface area contributed by atoms with Crippen molar-refractivity contribution in [3.63, 3.8) is 0 Å². The summed E-state index contributed by atoms with van der Waals surface area (Å²) in [4.78, 5) is 16.9. The average molecular weight is 338 g/mol. The zero-order valence-corrected chi connectivity index (χ0v) is 13.1. The number of halogens is 2. The van der Waals surface area contributed by atoms with Crippen LogP contribution in [0, 0.1) is 18.6 Å². The molecule has 0 bridgehead atoms. The first-order valence-electron chi connectivity index (χ1n) is 7.58. The summed E-state index contributed by atoms with van der Waals surface area (Å²) in [6.45, 7) is 1.83. The number of nitrogens with zero attached hydrogens (tertiary/aromatic N) is 1. The Morgan fingerprint density at radius 2 is 1.88 bits per heavy atom. The van der Waals surface area contributed by atoms with Crippen molar-refractivity contribution in [3.05, 3.63) is 71.6 Å². The van der Waals surface area contributed by atoms with E-state index in [1.165, 1.54) is 0 Å². The summed E-state index contributed by atoms with van der Waals surface area (Å²) in [7, 11) is 0. The lowest BCUT2D eigenvalue weighted by molar-refractivity contribution is 0.0998. The van der Waals surface area contributed by atoms with Gasteiger partial charge in [-0.2, -0.15) is 0 Å². The van der Waals surface area contributed by atoms with Gasteiger partial charge >= 0.3 is 0 Å². The predicted molar refractivity (Wildman–Crippen MR) is 90.6 cm³/mol. The number of aromatic nitrogens is 1. The standard InChI is InChI=1S/C19H12F2N2O2/c1-10-13-9-17(19(24)23-16-7-6-11(20)8-14(16)21)25-18(13)12-4-2-3-5-15(12)22-10/h2-9H,1H3,(H,23,24). The molecule has 4 nitrogen and oxygen atoms in total. The third-order valence-corrected chi connectivity index (χ3v) is 3.96. The minimum Gasteiger partial charge on any atom is -0.450 e. The van der Waals surface area contributed by atoms with Crippen LogP contribution in [0.25, 0.3) is 21.9 Å². The molecule has 0 aliphatic rings. The fraction of sp³-hybridized carbons (Fsp3) is 0.0526. The lowest BCUT2D eigenvalue weighted by atomic mass is 10.1. The summed E-state index contributed by atoms with van der Waals surface area (Å²) >= 11 is 0. The Hall–Kier alpha value is -3.28. The maximum absolute atomic E-state index is 13.7. The normalized spacial score (nSPS) is 11.2. The van der Waals surface area contributed by atoms with Crippen LogP contribution in [-0.4, -0.2) is 10.9 Å². The molecule has 124 valence electrons. The molecular formula is C19H12F2N2O2. The van der Waals surface area contributed by atoms with Crippen LogP contribution in [0.5, 0.6) is 0 Å². The van der Waals surface area contributed by atoms with Gasteiger partial charge in [0.25, 0.3) is 5.91 Å². The number of amides is 1. The Kier molecular flexibility index (Phi) is 3.46. The molecule has 0 fully saturated rings. The van der Waals surface area contributed by atoms with Gasteiger partial charge in [-0.1, -0.05) is 12.1 Å². The summed E-state index contributed by atoms with van der Waals surface area (Å²) in [5, 5.41) is 3.89. The van der Waals surface area contributed by atoms with Gasteiger partial charge in [0.05, 0.1) is 11.2 Å². The lowest BCUT2D eigenvalue weighted by Gasteiger charge is -2.04. The molecule has 0 aliphatic heterocycles. The van der Waals surface area contributed by atoms with E-state index < -0.39 is 17.5 Å². The summed E-state index contributed by atoms with van der Waals surface area (Å²) in [5.74, 6) is -2.16. The van der Waals surface area contributed by atoms with Gasteiger partial charge in [-0.25, -0.2) is 8.78 Å². The van der Waals surface area contributed by atoms with Gasteiger partial charge in [0.2, 0.25) is 0 Å². The van der Waals surface area contributed by atoms with Crippen molar-refractivity contribution in [3.8, 4) is 0 Å². The second kappa shape index (κ2) is 5.66. The Morgan fingerprint density at radius 1 is 1.08 bits per heavy atom. The Morgan fingerprint density at radius 3 is 2.68 bits per heavy atom. The van der Waals surface area contributed by atoms with Gasteiger partial charge in [0, 0.05) is 22.5 Å². The molecule has 0 radical (unpaired) electrons. The van der Waals surface area contributed by atoms with E-state index in [0.29, 0.717) is 17.0 Å². The van der Waals surface area contributed by atoms with Gasteiger partial charge in [-0.3, -0.25) is 9.78 Å². The van der Waals surface area contributed by atoms with Gasteiger partial charge in [-0.05, 0) is 37.3 Å². The minimum atomic E-state index is -0.854. The van der Waals surface area contributed by atoms with Crippen molar-refractivity contribution in [2.75, 3.05) is 5.32 Å². The first-order chi connectivity index (χ1) is 12.0. The monoisotopic (exact) mass is 338 g/mol. The highest BCUT2D eigenvalue weighted by Crippen LogP contribution is 2.29. The first kappa shape index (κ1) is 15.3. The molecule has 2 aromatic carbocycles. The topological polar surface area (TPSA) is 55.1 Å². The summed E-state index contributed by atoms with van der Waals surface area (Å²) in [6.07, 6.45) is 0. The first-order valence-corrected chi connectivity index (χ1v) is 7.58. The quantitative estimate of drug-likeness (QED) is 0.570. The third-order valence-electron chi connectivity index (χ3n) is 3.96.